The third-order valence-electron chi connectivity index (χ3n) is 2.44. The Balaban J connectivity index is 2.50. The van der Waals surface area contributed by atoms with Crippen LogP contribution in [0.1, 0.15) is 20.3 Å². The third kappa shape index (κ3) is 6.02. The van der Waals surface area contributed by atoms with Gasteiger partial charge in [-0.3, -0.25) is 4.79 Å². The van der Waals surface area contributed by atoms with E-state index in [1.165, 1.54) is 0 Å². The zero-order valence-corrected chi connectivity index (χ0v) is 11.8. The van der Waals surface area contributed by atoms with E-state index in [0.29, 0.717) is 22.3 Å². The van der Waals surface area contributed by atoms with Gasteiger partial charge >= 0.3 is 0 Å². The molecule has 0 aliphatic carbocycles. The summed E-state index contributed by atoms with van der Waals surface area (Å²) in [5.41, 5.74) is 0.605. The first-order chi connectivity index (χ1) is 9.02. The van der Waals surface area contributed by atoms with Crippen LogP contribution in [-0.2, 0) is 4.79 Å². The Morgan fingerprint density at radius 2 is 1.95 bits per heavy atom. The Labute approximate surface area is 116 Å². The second-order valence-electron chi connectivity index (χ2n) is 4.07. The molecule has 1 aromatic rings. The number of nitrogens with one attached hydrogen (secondary N) is 2. The van der Waals surface area contributed by atoms with E-state index >= 15 is 0 Å². The van der Waals surface area contributed by atoms with Gasteiger partial charge in [0.25, 0.3) is 5.76 Å². The number of benzene rings is 1. The highest BCUT2D eigenvalue weighted by atomic mass is 32.2. The van der Waals surface area contributed by atoms with Crippen LogP contribution >= 0.6 is 11.8 Å². The number of thioether (sulfide) groups is 1. The highest BCUT2D eigenvalue weighted by Crippen LogP contribution is 2.26. The second-order valence-corrected chi connectivity index (χ2v) is 5.13. The predicted octanol–water partition coefficient (Wildman–Crippen LogP) is 3.33. The minimum Gasteiger partial charge on any atom is -0.325 e. The lowest BCUT2D eigenvalue weighted by atomic mass is 10.2. The third-order valence-corrected chi connectivity index (χ3v) is 3.16. The number of hydrogen-bond acceptors (Lipinski definition) is 3. The van der Waals surface area contributed by atoms with Crippen LogP contribution in [0.25, 0.3) is 0 Å². The molecule has 0 saturated carbocycles. The molecule has 0 aliphatic rings. The molecule has 3 nitrogen and oxygen atoms in total. The number of carbonyl (C=O) groups is 1. The van der Waals surface area contributed by atoms with E-state index in [2.05, 4.69) is 10.6 Å². The van der Waals surface area contributed by atoms with Gasteiger partial charge in [-0.25, -0.2) is 0 Å². The standard InChI is InChI=1S/C13H18F2N2OS/c1-3-8-16-9(2)12(18)17-10-4-6-11(7-5-10)19-13(14)15/h4-7,9,13,16H,3,8H2,1-2H3,(H,17,18). The molecular formula is C13H18F2N2OS. The summed E-state index contributed by atoms with van der Waals surface area (Å²) in [5.74, 6) is -2.57. The van der Waals surface area contributed by atoms with E-state index in [0.717, 1.165) is 13.0 Å². The number of amides is 1. The zero-order chi connectivity index (χ0) is 14.3. The maximum Gasteiger partial charge on any atom is 0.288 e. The van der Waals surface area contributed by atoms with Crippen molar-refractivity contribution in [2.75, 3.05) is 11.9 Å². The molecule has 1 rings (SSSR count). The first kappa shape index (κ1) is 15.9. The fourth-order valence-corrected chi connectivity index (χ4v) is 1.92. The first-order valence-electron chi connectivity index (χ1n) is 6.12. The normalized spacial score (nSPS) is 12.5. The van der Waals surface area contributed by atoms with Crippen molar-refractivity contribution in [2.24, 2.45) is 0 Å². The lowest BCUT2D eigenvalue weighted by Crippen LogP contribution is -2.38. The number of anilines is 1. The van der Waals surface area contributed by atoms with E-state index < -0.39 is 5.76 Å². The molecule has 0 saturated heterocycles. The van der Waals surface area contributed by atoms with Crippen LogP contribution in [0, 0.1) is 0 Å². The van der Waals surface area contributed by atoms with E-state index in [1.807, 2.05) is 6.92 Å². The largest absolute Gasteiger partial charge is 0.325 e. The minimum absolute atomic E-state index is 0.136. The van der Waals surface area contributed by atoms with E-state index in [-0.39, 0.29) is 11.9 Å². The number of halogens is 2. The Bertz CT molecular complexity index is 398. The lowest BCUT2D eigenvalue weighted by Gasteiger charge is -2.13. The van der Waals surface area contributed by atoms with Gasteiger partial charge in [0.2, 0.25) is 5.91 Å². The minimum atomic E-state index is -2.43. The van der Waals surface area contributed by atoms with Crippen LogP contribution in [0.15, 0.2) is 29.2 Å². The molecule has 1 atom stereocenters. The fourth-order valence-electron chi connectivity index (χ4n) is 1.42. The van der Waals surface area contributed by atoms with Gasteiger partial charge in [-0.15, -0.1) is 0 Å². The molecule has 0 fully saturated rings. The van der Waals surface area contributed by atoms with Crippen LogP contribution in [0.2, 0.25) is 0 Å². The molecule has 0 spiro atoms. The maximum absolute atomic E-state index is 12.1. The lowest BCUT2D eigenvalue weighted by molar-refractivity contribution is -0.117. The van der Waals surface area contributed by atoms with Crippen molar-refractivity contribution in [3.63, 3.8) is 0 Å². The summed E-state index contributed by atoms with van der Waals surface area (Å²) in [6.07, 6.45) is 0.956. The summed E-state index contributed by atoms with van der Waals surface area (Å²) < 4.78 is 24.3. The SMILES string of the molecule is CCCNC(C)C(=O)Nc1ccc(SC(F)F)cc1. The maximum atomic E-state index is 12.1. The molecule has 6 heteroatoms. The fraction of sp³-hybridized carbons (Fsp3) is 0.462. The van der Waals surface area contributed by atoms with Crippen LogP contribution in [0.5, 0.6) is 0 Å². The first-order valence-corrected chi connectivity index (χ1v) is 7.00. The van der Waals surface area contributed by atoms with Gasteiger partial charge in [0, 0.05) is 10.6 Å². The van der Waals surface area contributed by atoms with Crippen molar-refractivity contribution in [1.82, 2.24) is 5.32 Å². The van der Waals surface area contributed by atoms with Gasteiger partial charge in [-0.05, 0) is 44.2 Å². The van der Waals surface area contributed by atoms with Crippen molar-refractivity contribution < 1.29 is 13.6 Å². The van der Waals surface area contributed by atoms with Gasteiger partial charge in [0.15, 0.2) is 0 Å². The monoisotopic (exact) mass is 288 g/mol. The molecular weight excluding hydrogens is 270 g/mol. The van der Waals surface area contributed by atoms with Gasteiger partial charge in [-0.1, -0.05) is 18.7 Å². The second kappa shape index (κ2) is 8.12. The van der Waals surface area contributed by atoms with E-state index in [1.54, 1.807) is 31.2 Å². The van der Waals surface area contributed by atoms with Gasteiger partial charge in [-0.2, -0.15) is 8.78 Å². The van der Waals surface area contributed by atoms with Crippen molar-refractivity contribution in [2.45, 2.75) is 37.0 Å². The summed E-state index contributed by atoms with van der Waals surface area (Å²) in [6.45, 7) is 4.58. The molecule has 0 bridgehead atoms. The molecule has 19 heavy (non-hydrogen) atoms. The number of alkyl halides is 2. The highest BCUT2D eigenvalue weighted by molar-refractivity contribution is 7.99. The predicted molar refractivity (Wildman–Crippen MR) is 74.7 cm³/mol. The molecule has 1 amide bonds. The molecule has 1 aromatic carbocycles. The molecule has 0 aliphatic heterocycles. The number of hydrogen-bond donors (Lipinski definition) is 2. The van der Waals surface area contributed by atoms with Crippen LogP contribution < -0.4 is 10.6 Å². The van der Waals surface area contributed by atoms with E-state index in [9.17, 15) is 13.6 Å². The van der Waals surface area contributed by atoms with Crippen molar-refractivity contribution >= 4 is 23.4 Å². The molecule has 106 valence electrons. The molecule has 0 radical (unpaired) electrons. The van der Waals surface area contributed by atoms with Crippen molar-refractivity contribution in [3.05, 3.63) is 24.3 Å². The van der Waals surface area contributed by atoms with Crippen LogP contribution in [-0.4, -0.2) is 24.3 Å². The Kier molecular flexibility index (Phi) is 6.80. The van der Waals surface area contributed by atoms with Crippen molar-refractivity contribution in [1.29, 1.82) is 0 Å². The zero-order valence-electron chi connectivity index (χ0n) is 11.0. The highest BCUT2D eigenvalue weighted by Gasteiger charge is 2.11. The van der Waals surface area contributed by atoms with Gasteiger partial charge < -0.3 is 10.6 Å². The topological polar surface area (TPSA) is 41.1 Å². The smallest absolute Gasteiger partial charge is 0.288 e. The summed E-state index contributed by atoms with van der Waals surface area (Å²) >= 11 is 0.485. The number of rotatable bonds is 7. The van der Waals surface area contributed by atoms with Gasteiger partial charge in [0.1, 0.15) is 0 Å². The molecule has 2 N–H and O–H groups in total. The molecule has 0 aromatic heterocycles. The molecule has 0 heterocycles. The van der Waals surface area contributed by atoms with Gasteiger partial charge in [0.05, 0.1) is 6.04 Å². The Morgan fingerprint density at radius 3 is 2.47 bits per heavy atom. The quantitative estimate of drug-likeness (QED) is 0.756. The average molecular weight is 288 g/mol. The van der Waals surface area contributed by atoms with E-state index in [4.69, 9.17) is 0 Å². The summed E-state index contributed by atoms with van der Waals surface area (Å²) in [5, 5.41) is 5.81. The Morgan fingerprint density at radius 1 is 1.32 bits per heavy atom. The van der Waals surface area contributed by atoms with Crippen LogP contribution in [0.3, 0.4) is 0 Å². The van der Waals surface area contributed by atoms with Crippen molar-refractivity contribution in [3.8, 4) is 0 Å². The van der Waals surface area contributed by atoms with Crippen LogP contribution in [0.4, 0.5) is 14.5 Å². The summed E-state index contributed by atoms with van der Waals surface area (Å²) in [7, 11) is 0. The average Bonchev–Trinajstić information content (AvgIpc) is 2.37. The summed E-state index contributed by atoms with van der Waals surface area (Å²) in [4.78, 5) is 12.3. The summed E-state index contributed by atoms with van der Waals surface area (Å²) in [6, 6.07) is 6.09. The Hall–Kier alpha value is -1.14. The molecule has 1 unspecified atom stereocenters. The number of carbonyl (C=O) groups excluding carboxylic acids is 1.